The first-order valence-electron chi connectivity index (χ1n) is 7.14. The predicted molar refractivity (Wildman–Crippen MR) is 80.5 cm³/mol. The maximum atomic E-state index is 13.6. The number of carbonyl (C=O) groups is 1. The van der Waals surface area contributed by atoms with Crippen LogP contribution in [-0.2, 0) is 9.53 Å². The fourth-order valence-electron chi connectivity index (χ4n) is 2.70. The quantitative estimate of drug-likeness (QED) is 0.811. The molecule has 0 radical (unpaired) electrons. The molecule has 1 heterocycles. The minimum atomic E-state index is -0.478. The minimum absolute atomic E-state index is 0.130. The van der Waals surface area contributed by atoms with Crippen molar-refractivity contribution in [2.24, 2.45) is 5.92 Å². The number of amides is 1. The summed E-state index contributed by atoms with van der Waals surface area (Å²) in [6.07, 6.45) is 2.17. The van der Waals surface area contributed by atoms with Gasteiger partial charge in [0.1, 0.15) is 5.82 Å². The summed E-state index contributed by atoms with van der Waals surface area (Å²) in [5.74, 6) is -0.244. The van der Waals surface area contributed by atoms with Gasteiger partial charge < -0.3 is 15.8 Å². The Kier molecular flexibility index (Phi) is 5.52. The number of nitrogens with zero attached hydrogens (tertiary/aromatic N) is 1. The van der Waals surface area contributed by atoms with Crippen LogP contribution in [-0.4, -0.2) is 44.2 Å². The number of ether oxygens (including phenoxy) is 1. The molecule has 1 fully saturated rings. The van der Waals surface area contributed by atoms with Crippen molar-refractivity contribution in [3.8, 4) is 0 Å². The lowest BCUT2D eigenvalue weighted by Crippen LogP contribution is -2.41. The number of hydrogen-bond acceptors (Lipinski definition) is 4. The summed E-state index contributed by atoms with van der Waals surface area (Å²) in [5, 5.41) is 2.58. The Balaban J connectivity index is 1.88. The molecule has 0 aromatic heterocycles. The minimum Gasteiger partial charge on any atom is -0.399 e. The first-order chi connectivity index (χ1) is 10.1. The number of nitrogens with one attached hydrogen (secondary N) is 1. The number of carbonyl (C=O) groups excluding carboxylic acids is 1. The van der Waals surface area contributed by atoms with E-state index in [9.17, 15) is 9.18 Å². The van der Waals surface area contributed by atoms with Crippen LogP contribution >= 0.6 is 0 Å². The molecule has 1 atom stereocenters. The van der Waals surface area contributed by atoms with Gasteiger partial charge in [-0.05, 0) is 43.5 Å². The molecule has 1 aliphatic heterocycles. The average Bonchev–Trinajstić information content (AvgIpc) is 2.43. The Morgan fingerprint density at radius 1 is 1.57 bits per heavy atom. The number of likely N-dealkylation sites (tertiary alicyclic amines) is 1. The maximum Gasteiger partial charge on any atom is 0.238 e. The fraction of sp³-hybridized carbons (Fsp3) is 0.533. The molecule has 1 amide bonds. The van der Waals surface area contributed by atoms with E-state index in [-0.39, 0.29) is 18.1 Å². The van der Waals surface area contributed by atoms with Crippen LogP contribution < -0.4 is 11.1 Å². The highest BCUT2D eigenvalue weighted by atomic mass is 19.1. The third-order valence-corrected chi connectivity index (χ3v) is 3.64. The van der Waals surface area contributed by atoms with E-state index < -0.39 is 5.82 Å². The van der Waals surface area contributed by atoms with Gasteiger partial charge in [0.05, 0.1) is 18.8 Å². The zero-order valence-corrected chi connectivity index (χ0v) is 12.3. The highest BCUT2D eigenvalue weighted by molar-refractivity contribution is 5.92. The van der Waals surface area contributed by atoms with E-state index in [0.717, 1.165) is 25.9 Å². The van der Waals surface area contributed by atoms with Gasteiger partial charge in [0.25, 0.3) is 0 Å². The molecule has 1 unspecified atom stereocenters. The van der Waals surface area contributed by atoms with Gasteiger partial charge in [-0.1, -0.05) is 0 Å². The first kappa shape index (κ1) is 15.7. The Bertz CT molecular complexity index is 494. The third-order valence-electron chi connectivity index (χ3n) is 3.64. The summed E-state index contributed by atoms with van der Waals surface area (Å²) < 4.78 is 18.7. The van der Waals surface area contributed by atoms with Crippen molar-refractivity contribution in [2.75, 3.05) is 44.4 Å². The second-order valence-electron chi connectivity index (χ2n) is 5.49. The van der Waals surface area contributed by atoms with Gasteiger partial charge in [0, 0.05) is 19.3 Å². The van der Waals surface area contributed by atoms with Crippen LogP contribution in [0.1, 0.15) is 12.8 Å². The van der Waals surface area contributed by atoms with Crippen molar-refractivity contribution in [1.29, 1.82) is 0 Å². The number of halogens is 1. The van der Waals surface area contributed by atoms with Gasteiger partial charge in [-0.2, -0.15) is 0 Å². The summed E-state index contributed by atoms with van der Waals surface area (Å²) in [5.41, 5.74) is 6.15. The lowest BCUT2D eigenvalue weighted by molar-refractivity contribution is -0.117. The molecule has 0 aliphatic carbocycles. The van der Waals surface area contributed by atoms with Crippen molar-refractivity contribution in [3.05, 3.63) is 24.0 Å². The van der Waals surface area contributed by atoms with Crippen LogP contribution in [0.4, 0.5) is 15.8 Å². The number of hydrogen-bond donors (Lipinski definition) is 2. The lowest BCUT2D eigenvalue weighted by atomic mass is 9.99. The maximum absolute atomic E-state index is 13.6. The molecule has 0 spiro atoms. The lowest BCUT2D eigenvalue weighted by Gasteiger charge is -2.31. The SMILES string of the molecule is COCC1CCCN(CC(=O)Nc2cc(N)ccc2F)C1. The number of methoxy groups -OCH3 is 1. The zero-order chi connectivity index (χ0) is 15.2. The van der Waals surface area contributed by atoms with Crippen molar-refractivity contribution in [2.45, 2.75) is 12.8 Å². The molecular formula is C15H22FN3O2. The van der Waals surface area contributed by atoms with Gasteiger partial charge in [0.2, 0.25) is 5.91 Å². The van der Waals surface area contributed by atoms with Gasteiger partial charge in [-0.15, -0.1) is 0 Å². The monoisotopic (exact) mass is 295 g/mol. The standard InChI is InChI=1S/C15H22FN3O2/c1-21-10-11-3-2-6-19(8-11)9-15(20)18-14-7-12(17)4-5-13(14)16/h4-5,7,11H,2-3,6,8-10,17H2,1H3,(H,18,20). The number of nitrogen functional groups attached to an aromatic ring is 1. The molecule has 1 aromatic carbocycles. The van der Waals surface area contributed by atoms with Crippen LogP contribution in [0.2, 0.25) is 0 Å². The topological polar surface area (TPSA) is 67.6 Å². The number of nitrogens with two attached hydrogens (primary N) is 1. The molecule has 1 aromatic rings. The van der Waals surface area contributed by atoms with Crippen molar-refractivity contribution >= 4 is 17.3 Å². The first-order valence-corrected chi connectivity index (χ1v) is 7.14. The number of anilines is 2. The van der Waals surface area contributed by atoms with E-state index in [1.54, 1.807) is 7.11 Å². The summed E-state index contributed by atoms with van der Waals surface area (Å²) in [6.45, 7) is 2.68. The van der Waals surface area contributed by atoms with Crippen LogP contribution in [0, 0.1) is 11.7 Å². The zero-order valence-electron chi connectivity index (χ0n) is 12.3. The molecule has 0 saturated carbocycles. The van der Waals surface area contributed by atoms with Crippen LogP contribution in [0.3, 0.4) is 0 Å². The molecule has 0 bridgehead atoms. The van der Waals surface area contributed by atoms with E-state index in [1.165, 1.54) is 18.2 Å². The highest BCUT2D eigenvalue weighted by Gasteiger charge is 2.21. The second kappa shape index (κ2) is 7.38. The van der Waals surface area contributed by atoms with Crippen LogP contribution in [0.15, 0.2) is 18.2 Å². The third kappa shape index (κ3) is 4.68. The smallest absolute Gasteiger partial charge is 0.238 e. The molecule has 2 rings (SSSR count). The number of benzene rings is 1. The largest absolute Gasteiger partial charge is 0.399 e. The van der Waals surface area contributed by atoms with Crippen molar-refractivity contribution in [3.63, 3.8) is 0 Å². The van der Waals surface area contributed by atoms with Crippen molar-refractivity contribution in [1.82, 2.24) is 4.90 Å². The van der Waals surface area contributed by atoms with E-state index in [1.807, 2.05) is 0 Å². The summed E-state index contributed by atoms with van der Waals surface area (Å²) >= 11 is 0. The van der Waals surface area contributed by atoms with E-state index in [0.29, 0.717) is 18.2 Å². The molecule has 1 saturated heterocycles. The molecular weight excluding hydrogens is 273 g/mol. The van der Waals surface area contributed by atoms with Gasteiger partial charge in [0.15, 0.2) is 0 Å². The van der Waals surface area contributed by atoms with Gasteiger partial charge in [-0.3, -0.25) is 9.69 Å². The molecule has 116 valence electrons. The predicted octanol–water partition coefficient (Wildman–Crippen LogP) is 1.70. The molecule has 5 nitrogen and oxygen atoms in total. The fourth-order valence-corrected chi connectivity index (χ4v) is 2.70. The highest BCUT2D eigenvalue weighted by Crippen LogP contribution is 2.19. The van der Waals surface area contributed by atoms with Crippen LogP contribution in [0.25, 0.3) is 0 Å². The molecule has 6 heteroatoms. The normalized spacial score (nSPS) is 19.4. The molecule has 21 heavy (non-hydrogen) atoms. The van der Waals surface area contributed by atoms with Gasteiger partial charge in [-0.25, -0.2) is 4.39 Å². The Morgan fingerprint density at radius 3 is 3.14 bits per heavy atom. The van der Waals surface area contributed by atoms with Crippen molar-refractivity contribution < 1.29 is 13.9 Å². The summed E-state index contributed by atoms with van der Waals surface area (Å²) in [7, 11) is 1.69. The summed E-state index contributed by atoms with van der Waals surface area (Å²) in [6, 6.07) is 4.14. The molecule has 3 N–H and O–H groups in total. The average molecular weight is 295 g/mol. The van der Waals surface area contributed by atoms with E-state index in [2.05, 4.69) is 10.2 Å². The van der Waals surface area contributed by atoms with E-state index >= 15 is 0 Å². The Hall–Kier alpha value is -1.66. The Labute approximate surface area is 124 Å². The number of rotatable bonds is 5. The Morgan fingerprint density at radius 2 is 2.38 bits per heavy atom. The molecule has 1 aliphatic rings. The van der Waals surface area contributed by atoms with Gasteiger partial charge >= 0.3 is 0 Å². The van der Waals surface area contributed by atoms with E-state index in [4.69, 9.17) is 10.5 Å². The second-order valence-corrected chi connectivity index (χ2v) is 5.49. The number of piperidine rings is 1. The van der Waals surface area contributed by atoms with Crippen LogP contribution in [0.5, 0.6) is 0 Å². The summed E-state index contributed by atoms with van der Waals surface area (Å²) in [4.78, 5) is 14.1.